The SMILES string of the molecule is Cn1ccnc1Sc1ccc(Cl)cc1NC(=O)CCNC(=O)Cc1ccccc1. The highest BCUT2D eigenvalue weighted by Gasteiger charge is 2.12. The summed E-state index contributed by atoms with van der Waals surface area (Å²) < 4.78 is 1.90. The Morgan fingerprint density at radius 3 is 2.66 bits per heavy atom. The molecule has 0 aliphatic carbocycles. The van der Waals surface area contributed by atoms with E-state index in [4.69, 9.17) is 11.6 Å². The highest BCUT2D eigenvalue weighted by molar-refractivity contribution is 7.99. The molecule has 150 valence electrons. The Balaban J connectivity index is 1.53. The lowest BCUT2D eigenvalue weighted by Crippen LogP contribution is -2.28. The fraction of sp³-hybridized carbons (Fsp3) is 0.190. The third-order valence-corrected chi connectivity index (χ3v) is 5.46. The molecular weight excluding hydrogens is 408 g/mol. The number of halogens is 1. The first kappa shape index (κ1) is 21.0. The van der Waals surface area contributed by atoms with Crippen molar-refractivity contribution in [2.45, 2.75) is 22.9 Å². The molecule has 29 heavy (non-hydrogen) atoms. The molecule has 0 fully saturated rings. The predicted octanol–water partition coefficient (Wildman–Crippen LogP) is 3.91. The Bertz CT molecular complexity index is 991. The van der Waals surface area contributed by atoms with Crippen LogP contribution in [0.4, 0.5) is 5.69 Å². The number of nitrogens with zero attached hydrogens (tertiary/aromatic N) is 2. The number of rotatable bonds is 8. The van der Waals surface area contributed by atoms with Gasteiger partial charge in [-0.3, -0.25) is 9.59 Å². The van der Waals surface area contributed by atoms with Crippen LogP contribution in [0.2, 0.25) is 5.02 Å². The van der Waals surface area contributed by atoms with Crippen LogP contribution >= 0.6 is 23.4 Å². The summed E-state index contributed by atoms with van der Waals surface area (Å²) in [5, 5.41) is 6.98. The summed E-state index contributed by atoms with van der Waals surface area (Å²) in [5.41, 5.74) is 1.55. The molecule has 0 aliphatic heterocycles. The normalized spacial score (nSPS) is 10.6. The molecule has 0 atom stereocenters. The number of amides is 2. The topological polar surface area (TPSA) is 76.0 Å². The highest BCUT2D eigenvalue weighted by atomic mass is 35.5. The van der Waals surface area contributed by atoms with Gasteiger partial charge in [-0.2, -0.15) is 0 Å². The van der Waals surface area contributed by atoms with Gasteiger partial charge in [0, 0.05) is 42.3 Å². The molecule has 0 spiro atoms. The first-order valence-electron chi connectivity index (χ1n) is 9.06. The maximum Gasteiger partial charge on any atom is 0.226 e. The summed E-state index contributed by atoms with van der Waals surface area (Å²) in [7, 11) is 1.90. The molecule has 6 nitrogen and oxygen atoms in total. The van der Waals surface area contributed by atoms with Crippen LogP contribution in [-0.4, -0.2) is 27.9 Å². The number of benzene rings is 2. The van der Waals surface area contributed by atoms with Crippen molar-refractivity contribution in [3.63, 3.8) is 0 Å². The van der Waals surface area contributed by atoms with Crippen LogP contribution in [-0.2, 0) is 23.1 Å². The van der Waals surface area contributed by atoms with Gasteiger partial charge >= 0.3 is 0 Å². The van der Waals surface area contributed by atoms with Gasteiger partial charge in [-0.15, -0.1) is 0 Å². The van der Waals surface area contributed by atoms with Crippen LogP contribution in [0.15, 0.2) is 71.0 Å². The number of carbonyl (C=O) groups is 2. The van der Waals surface area contributed by atoms with Crippen LogP contribution in [0, 0.1) is 0 Å². The molecule has 0 bridgehead atoms. The molecule has 0 aliphatic rings. The second kappa shape index (κ2) is 10.1. The van der Waals surface area contributed by atoms with Crippen LogP contribution < -0.4 is 10.6 Å². The largest absolute Gasteiger partial charge is 0.355 e. The van der Waals surface area contributed by atoms with E-state index >= 15 is 0 Å². The van der Waals surface area contributed by atoms with Crippen LogP contribution in [0.3, 0.4) is 0 Å². The van der Waals surface area contributed by atoms with Gasteiger partial charge in [0.1, 0.15) is 0 Å². The molecule has 0 saturated carbocycles. The van der Waals surface area contributed by atoms with E-state index in [-0.39, 0.29) is 24.8 Å². The zero-order chi connectivity index (χ0) is 20.6. The molecule has 0 radical (unpaired) electrons. The van der Waals surface area contributed by atoms with Gasteiger partial charge in [0.2, 0.25) is 11.8 Å². The summed E-state index contributed by atoms with van der Waals surface area (Å²) in [4.78, 5) is 29.5. The molecule has 1 heterocycles. The van der Waals surface area contributed by atoms with Crippen molar-refractivity contribution in [3.8, 4) is 0 Å². The van der Waals surface area contributed by atoms with Crippen molar-refractivity contribution in [1.29, 1.82) is 0 Å². The number of nitrogens with one attached hydrogen (secondary N) is 2. The van der Waals surface area contributed by atoms with E-state index in [2.05, 4.69) is 15.6 Å². The number of imidazole rings is 1. The van der Waals surface area contributed by atoms with E-state index in [0.29, 0.717) is 17.1 Å². The fourth-order valence-electron chi connectivity index (χ4n) is 2.61. The molecule has 0 saturated heterocycles. The van der Waals surface area contributed by atoms with Gasteiger partial charge in [0.05, 0.1) is 12.1 Å². The number of carbonyl (C=O) groups excluding carboxylic acids is 2. The maximum absolute atomic E-state index is 12.3. The van der Waals surface area contributed by atoms with Crippen molar-refractivity contribution < 1.29 is 9.59 Å². The molecule has 8 heteroatoms. The molecule has 1 aromatic heterocycles. The lowest BCUT2D eigenvalue weighted by molar-refractivity contribution is -0.120. The Morgan fingerprint density at radius 2 is 1.93 bits per heavy atom. The smallest absolute Gasteiger partial charge is 0.226 e. The zero-order valence-electron chi connectivity index (χ0n) is 15.9. The minimum Gasteiger partial charge on any atom is -0.355 e. The second-order valence-electron chi connectivity index (χ2n) is 6.37. The van der Waals surface area contributed by atoms with Crippen molar-refractivity contribution in [2.75, 3.05) is 11.9 Å². The van der Waals surface area contributed by atoms with Gasteiger partial charge in [0.15, 0.2) is 5.16 Å². The number of hydrogen-bond acceptors (Lipinski definition) is 4. The lowest BCUT2D eigenvalue weighted by atomic mass is 10.1. The molecule has 0 unspecified atom stereocenters. The maximum atomic E-state index is 12.3. The minimum atomic E-state index is -0.200. The van der Waals surface area contributed by atoms with E-state index in [1.54, 1.807) is 18.3 Å². The molecule has 3 rings (SSSR count). The van der Waals surface area contributed by atoms with Gasteiger partial charge < -0.3 is 15.2 Å². The number of aryl methyl sites for hydroxylation is 1. The monoisotopic (exact) mass is 428 g/mol. The second-order valence-corrected chi connectivity index (χ2v) is 7.82. The average molecular weight is 429 g/mol. The van der Waals surface area contributed by atoms with E-state index in [9.17, 15) is 9.59 Å². The number of aromatic nitrogens is 2. The van der Waals surface area contributed by atoms with Gasteiger partial charge in [0.25, 0.3) is 0 Å². The van der Waals surface area contributed by atoms with Crippen molar-refractivity contribution in [3.05, 3.63) is 71.5 Å². The Labute approximate surface area is 178 Å². The van der Waals surface area contributed by atoms with Crippen molar-refractivity contribution in [1.82, 2.24) is 14.9 Å². The summed E-state index contributed by atoms with van der Waals surface area (Å²) in [6, 6.07) is 14.8. The van der Waals surface area contributed by atoms with E-state index in [1.807, 2.05) is 54.2 Å². The molecule has 2 amide bonds. The molecule has 2 N–H and O–H groups in total. The lowest BCUT2D eigenvalue weighted by Gasteiger charge is -2.12. The standard InChI is InChI=1S/C21H21ClN4O2S/c1-26-12-11-24-21(26)29-18-8-7-16(22)14-17(18)25-19(27)9-10-23-20(28)13-15-5-3-2-4-6-15/h2-8,11-12,14H,9-10,13H2,1H3,(H,23,28)(H,25,27). The summed E-state index contributed by atoms with van der Waals surface area (Å²) >= 11 is 7.53. The molecular formula is C21H21ClN4O2S. The van der Waals surface area contributed by atoms with Gasteiger partial charge in [-0.1, -0.05) is 41.9 Å². The predicted molar refractivity (Wildman–Crippen MR) is 115 cm³/mol. The van der Waals surface area contributed by atoms with Crippen LogP contribution in [0.1, 0.15) is 12.0 Å². The summed E-state index contributed by atoms with van der Waals surface area (Å²) in [5.74, 6) is -0.313. The van der Waals surface area contributed by atoms with E-state index < -0.39 is 0 Å². The van der Waals surface area contributed by atoms with Crippen molar-refractivity contribution >= 4 is 40.9 Å². The average Bonchev–Trinajstić information content (AvgIpc) is 3.09. The highest BCUT2D eigenvalue weighted by Crippen LogP contribution is 2.34. The first-order valence-corrected chi connectivity index (χ1v) is 10.3. The van der Waals surface area contributed by atoms with Gasteiger partial charge in [-0.05, 0) is 35.5 Å². The summed E-state index contributed by atoms with van der Waals surface area (Å²) in [6.45, 7) is 0.264. The quantitative estimate of drug-likeness (QED) is 0.570. The molecule has 3 aromatic rings. The Morgan fingerprint density at radius 1 is 1.14 bits per heavy atom. The third-order valence-electron chi connectivity index (χ3n) is 4.08. The van der Waals surface area contributed by atoms with Crippen LogP contribution in [0.25, 0.3) is 0 Å². The number of anilines is 1. The molecule has 2 aromatic carbocycles. The zero-order valence-corrected chi connectivity index (χ0v) is 17.5. The number of hydrogen-bond donors (Lipinski definition) is 2. The fourth-order valence-corrected chi connectivity index (χ4v) is 3.65. The minimum absolute atomic E-state index is 0.113. The van der Waals surface area contributed by atoms with Crippen molar-refractivity contribution in [2.24, 2.45) is 7.05 Å². The van der Waals surface area contributed by atoms with Gasteiger partial charge in [-0.25, -0.2) is 4.98 Å². The first-order chi connectivity index (χ1) is 14.0. The summed E-state index contributed by atoms with van der Waals surface area (Å²) in [6.07, 6.45) is 4.03. The Hall–Kier alpha value is -2.77. The Kier molecular flexibility index (Phi) is 7.32. The third kappa shape index (κ3) is 6.37. The van der Waals surface area contributed by atoms with E-state index in [1.165, 1.54) is 11.8 Å². The van der Waals surface area contributed by atoms with E-state index in [0.717, 1.165) is 15.6 Å². The van der Waals surface area contributed by atoms with Crippen LogP contribution in [0.5, 0.6) is 0 Å².